The Balaban J connectivity index is 2.69. The first kappa shape index (κ1) is 11.5. The zero-order valence-corrected chi connectivity index (χ0v) is 8.91. The Bertz CT molecular complexity index is 376. The quantitative estimate of drug-likeness (QED) is 0.805. The van der Waals surface area contributed by atoms with Gasteiger partial charge in [0.1, 0.15) is 6.04 Å². The van der Waals surface area contributed by atoms with Crippen LogP contribution < -0.4 is 11.1 Å². The lowest BCUT2D eigenvalue weighted by atomic mass is 10.2. The Morgan fingerprint density at radius 1 is 1.33 bits per heavy atom. The van der Waals surface area contributed by atoms with Crippen LogP contribution in [0.1, 0.15) is 17.3 Å². The molecular formula is C10H11ClN2O2. The fraction of sp³-hybridized carbons (Fsp3) is 0.200. The summed E-state index contributed by atoms with van der Waals surface area (Å²) in [6.45, 7) is 1.52. The van der Waals surface area contributed by atoms with Crippen molar-refractivity contribution in [3.05, 3.63) is 34.9 Å². The van der Waals surface area contributed by atoms with Gasteiger partial charge in [0.05, 0.1) is 0 Å². The minimum Gasteiger partial charge on any atom is -0.368 e. The van der Waals surface area contributed by atoms with Crippen LogP contribution in [0.4, 0.5) is 0 Å². The largest absolute Gasteiger partial charge is 0.368 e. The van der Waals surface area contributed by atoms with Crippen LogP contribution in [0, 0.1) is 0 Å². The third-order valence-corrected chi connectivity index (χ3v) is 2.13. The molecule has 1 rings (SSSR count). The van der Waals surface area contributed by atoms with E-state index >= 15 is 0 Å². The molecule has 0 aliphatic rings. The molecule has 0 aliphatic heterocycles. The summed E-state index contributed by atoms with van der Waals surface area (Å²) in [7, 11) is 0. The zero-order chi connectivity index (χ0) is 11.4. The number of primary amides is 1. The molecule has 3 N–H and O–H groups in total. The van der Waals surface area contributed by atoms with Crippen LogP contribution in [0.2, 0.25) is 5.02 Å². The average molecular weight is 227 g/mol. The first-order valence-corrected chi connectivity index (χ1v) is 4.74. The Morgan fingerprint density at radius 2 is 1.87 bits per heavy atom. The van der Waals surface area contributed by atoms with Crippen LogP contribution in [0.5, 0.6) is 0 Å². The van der Waals surface area contributed by atoms with E-state index in [2.05, 4.69) is 5.32 Å². The fourth-order valence-corrected chi connectivity index (χ4v) is 1.08. The van der Waals surface area contributed by atoms with Gasteiger partial charge < -0.3 is 11.1 Å². The van der Waals surface area contributed by atoms with Crippen LogP contribution >= 0.6 is 11.6 Å². The van der Waals surface area contributed by atoms with Gasteiger partial charge in [0.15, 0.2) is 0 Å². The van der Waals surface area contributed by atoms with Crippen molar-refractivity contribution in [2.24, 2.45) is 5.73 Å². The molecule has 0 saturated carbocycles. The van der Waals surface area contributed by atoms with E-state index in [0.717, 1.165) is 0 Å². The number of rotatable bonds is 3. The standard InChI is InChI=1S/C10H11ClN2O2/c1-6(9(12)14)13-10(15)7-2-4-8(11)5-3-7/h2-6H,1H3,(H2,12,14)(H,13,15)/t6-/m1/s1. The Hall–Kier alpha value is -1.55. The minimum absolute atomic E-state index is 0.349. The summed E-state index contributed by atoms with van der Waals surface area (Å²) in [5.74, 6) is -0.921. The molecule has 15 heavy (non-hydrogen) atoms. The lowest BCUT2D eigenvalue weighted by Crippen LogP contribution is -2.42. The van der Waals surface area contributed by atoms with E-state index in [0.29, 0.717) is 10.6 Å². The molecule has 0 bridgehead atoms. The van der Waals surface area contributed by atoms with Gasteiger partial charge in [-0.25, -0.2) is 0 Å². The highest BCUT2D eigenvalue weighted by atomic mass is 35.5. The number of hydrogen-bond acceptors (Lipinski definition) is 2. The van der Waals surface area contributed by atoms with Gasteiger partial charge >= 0.3 is 0 Å². The molecule has 2 amide bonds. The normalized spacial score (nSPS) is 11.9. The first-order valence-electron chi connectivity index (χ1n) is 4.36. The van der Waals surface area contributed by atoms with E-state index in [9.17, 15) is 9.59 Å². The number of nitrogens with two attached hydrogens (primary N) is 1. The maximum absolute atomic E-state index is 11.5. The van der Waals surface area contributed by atoms with Crippen LogP contribution in [0.15, 0.2) is 24.3 Å². The van der Waals surface area contributed by atoms with Gasteiger partial charge in [-0.15, -0.1) is 0 Å². The summed E-state index contributed by atoms with van der Waals surface area (Å²) in [4.78, 5) is 22.2. The Kier molecular flexibility index (Phi) is 3.68. The smallest absolute Gasteiger partial charge is 0.251 e. The molecule has 0 radical (unpaired) electrons. The molecule has 0 spiro atoms. The van der Waals surface area contributed by atoms with E-state index in [1.54, 1.807) is 24.3 Å². The van der Waals surface area contributed by atoms with Crippen molar-refractivity contribution < 1.29 is 9.59 Å². The van der Waals surface area contributed by atoms with Gasteiger partial charge in [0, 0.05) is 10.6 Å². The molecule has 0 unspecified atom stereocenters. The van der Waals surface area contributed by atoms with Gasteiger partial charge in [-0.2, -0.15) is 0 Å². The first-order chi connectivity index (χ1) is 7.00. The van der Waals surface area contributed by atoms with Gasteiger partial charge in [-0.1, -0.05) is 11.6 Å². The van der Waals surface area contributed by atoms with E-state index in [1.807, 2.05) is 0 Å². The number of carbonyl (C=O) groups is 2. The van der Waals surface area contributed by atoms with Crippen molar-refractivity contribution >= 4 is 23.4 Å². The molecule has 0 aromatic heterocycles. The maximum Gasteiger partial charge on any atom is 0.251 e. The van der Waals surface area contributed by atoms with Gasteiger partial charge in [-0.05, 0) is 31.2 Å². The number of carbonyl (C=O) groups excluding carboxylic acids is 2. The van der Waals surface area contributed by atoms with E-state index in [4.69, 9.17) is 17.3 Å². The lowest BCUT2D eigenvalue weighted by molar-refractivity contribution is -0.119. The van der Waals surface area contributed by atoms with Crippen molar-refractivity contribution in [2.45, 2.75) is 13.0 Å². The summed E-state index contributed by atoms with van der Waals surface area (Å²) < 4.78 is 0. The topological polar surface area (TPSA) is 72.2 Å². The highest BCUT2D eigenvalue weighted by molar-refractivity contribution is 6.30. The molecule has 80 valence electrons. The molecule has 0 aliphatic carbocycles. The highest BCUT2D eigenvalue weighted by Gasteiger charge is 2.13. The van der Waals surface area contributed by atoms with Crippen molar-refractivity contribution in [1.82, 2.24) is 5.32 Å². The summed E-state index contributed by atoms with van der Waals surface area (Å²) in [5, 5.41) is 3.01. The van der Waals surface area contributed by atoms with Crippen LogP contribution in [-0.4, -0.2) is 17.9 Å². The van der Waals surface area contributed by atoms with Crippen LogP contribution in [0.25, 0.3) is 0 Å². The van der Waals surface area contributed by atoms with Crippen LogP contribution in [-0.2, 0) is 4.79 Å². The Labute approximate surface area is 92.4 Å². The SMILES string of the molecule is C[C@@H](NC(=O)c1ccc(Cl)cc1)C(N)=O. The molecular weight excluding hydrogens is 216 g/mol. The van der Waals surface area contributed by atoms with E-state index in [1.165, 1.54) is 6.92 Å². The fourth-order valence-electron chi connectivity index (χ4n) is 0.952. The Morgan fingerprint density at radius 3 is 2.33 bits per heavy atom. The lowest BCUT2D eigenvalue weighted by Gasteiger charge is -2.09. The molecule has 0 heterocycles. The summed E-state index contributed by atoms with van der Waals surface area (Å²) in [6.07, 6.45) is 0. The number of amides is 2. The van der Waals surface area contributed by atoms with Crippen molar-refractivity contribution in [3.63, 3.8) is 0 Å². The van der Waals surface area contributed by atoms with Crippen molar-refractivity contribution in [2.75, 3.05) is 0 Å². The molecule has 1 aromatic carbocycles. The zero-order valence-electron chi connectivity index (χ0n) is 8.16. The van der Waals surface area contributed by atoms with Gasteiger partial charge in [0.25, 0.3) is 5.91 Å². The molecule has 1 aromatic rings. The van der Waals surface area contributed by atoms with E-state index < -0.39 is 11.9 Å². The summed E-state index contributed by atoms with van der Waals surface area (Å²) in [5.41, 5.74) is 5.45. The van der Waals surface area contributed by atoms with Crippen molar-refractivity contribution in [3.8, 4) is 0 Å². The molecule has 1 atom stereocenters. The third-order valence-electron chi connectivity index (χ3n) is 1.88. The molecule has 4 nitrogen and oxygen atoms in total. The summed E-state index contributed by atoms with van der Waals surface area (Å²) >= 11 is 5.67. The highest BCUT2D eigenvalue weighted by Crippen LogP contribution is 2.09. The van der Waals surface area contributed by atoms with Crippen LogP contribution in [0.3, 0.4) is 0 Å². The number of benzene rings is 1. The molecule has 0 fully saturated rings. The maximum atomic E-state index is 11.5. The minimum atomic E-state index is -0.687. The predicted octanol–water partition coefficient (Wildman–Crippen LogP) is 0.944. The van der Waals surface area contributed by atoms with Crippen molar-refractivity contribution in [1.29, 1.82) is 0 Å². The number of hydrogen-bond donors (Lipinski definition) is 2. The number of nitrogens with one attached hydrogen (secondary N) is 1. The second kappa shape index (κ2) is 4.79. The second-order valence-corrected chi connectivity index (χ2v) is 3.54. The van der Waals surface area contributed by atoms with Gasteiger partial charge in [-0.3, -0.25) is 9.59 Å². The van der Waals surface area contributed by atoms with E-state index in [-0.39, 0.29) is 5.91 Å². The molecule has 0 saturated heterocycles. The average Bonchev–Trinajstić information content (AvgIpc) is 2.18. The number of halogens is 1. The second-order valence-electron chi connectivity index (χ2n) is 3.10. The third kappa shape index (κ3) is 3.25. The monoisotopic (exact) mass is 226 g/mol. The predicted molar refractivity (Wildman–Crippen MR) is 57.6 cm³/mol. The molecule has 5 heteroatoms. The summed E-state index contributed by atoms with van der Waals surface area (Å²) in [6, 6.07) is 5.67. The van der Waals surface area contributed by atoms with Gasteiger partial charge in [0.2, 0.25) is 5.91 Å².